The second-order valence-electron chi connectivity index (χ2n) is 5.85. The van der Waals surface area contributed by atoms with E-state index in [4.69, 9.17) is 4.74 Å². The SMILES string of the molecule is CCCc1cnc(Cc2ccc([C@@H]3CNCCO3)cc2F)nc1. The van der Waals surface area contributed by atoms with Crippen molar-refractivity contribution in [2.75, 3.05) is 19.7 Å². The van der Waals surface area contributed by atoms with E-state index in [1.165, 1.54) is 0 Å². The quantitative estimate of drug-likeness (QED) is 0.922. The molecule has 1 aliphatic heterocycles. The molecule has 4 nitrogen and oxygen atoms in total. The Bertz CT molecular complexity index is 639. The van der Waals surface area contributed by atoms with Crippen molar-refractivity contribution in [3.05, 3.63) is 58.9 Å². The summed E-state index contributed by atoms with van der Waals surface area (Å²) in [5, 5.41) is 3.26. The summed E-state index contributed by atoms with van der Waals surface area (Å²) < 4.78 is 20.0. The Morgan fingerprint density at radius 2 is 2.13 bits per heavy atom. The first-order valence-electron chi connectivity index (χ1n) is 8.16. The Kier molecular flexibility index (Phi) is 5.31. The topological polar surface area (TPSA) is 47.0 Å². The normalized spacial score (nSPS) is 18.1. The zero-order valence-corrected chi connectivity index (χ0v) is 13.4. The molecule has 1 aromatic carbocycles. The van der Waals surface area contributed by atoms with Gasteiger partial charge in [-0.3, -0.25) is 0 Å². The number of rotatable bonds is 5. The van der Waals surface area contributed by atoms with Crippen molar-refractivity contribution >= 4 is 0 Å². The molecular weight excluding hydrogens is 293 g/mol. The lowest BCUT2D eigenvalue weighted by Gasteiger charge is -2.24. The molecule has 0 unspecified atom stereocenters. The van der Waals surface area contributed by atoms with Crippen molar-refractivity contribution in [3.63, 3.8) is 0 Å². The molecule has 2 heterocycles. The molecule has 0 aliphatic carbocycles. The fraction of sp³-hybridized carbons (Fsp3) is 0.444. The lowest BCUT2D eigenvalue weighted by Crippen LogP contribution is -2.33. The number of morpholine rings is 1. The second kappa shape index (κ2) is 7.62. The molecule has 3 rings (SSSR count). The van der Waals surface area contributed by atoms with Gasteiger partial charge >= 0.3 is 0 Å². The molecule has 1 N–H and O–H groups in total. The van der Waals surface area contributed by atoms with Gasteiger partial charge in [0.2, 0.25) is 0 Å². The summed E-state index contributed by atoms with van der Waals surface area (Å²) in [5.41, 5.74) is 2.60. The predicted molar refractivity (Wildman–Crippen MR) is 86.8 cm³/mol. The highest BCUT2D eigenvalue weighted by Crippen LogP contribution is 2.22. The highest BCUT2D eigenvalue weighted by molar-refractivity contribution is 5.28. The third-order valence-corrected chi connectivity index (χ3v) is 4.02. The first kappa shape index (κ1) is 16.0. The van der Waals surface area contributed by atoms with Gasteiger partial charge in [0.1, 0.15) is 11.6 Å². The lowest BCUT2D eigenvalue weighted by molar-refractivity contribution is 0.0275. The van der Waals surface area contributed by atoms with Crippen LogP contribution in [-0.2, 0) is 17.6 Å². The van der Waals surface area contributed by atoms with E-state index in [1.807, 2.05) is 24.5 Å². The van der Waals surface area contributed by atoms with Crippen LogP contribution >= 0.6 is 0 Å². The molecule has 122 valence electrons. The summed E-state index contributed by atoms with van der Waals surface area (Å²) in [5.74, 6) is 0.421. The maximum Gasteiger partial charge on any atom is 0.132 e. The Morgan fingerprint density at radius 3 is 2.78 bits per heavy atom. The number of aromatic nitrogens is 2. The first-order chi connectivity index (χ1) is 11.3. The molecule has 2 aromatic rings. The molecule has 1 aromatic heterocycles. The molecule has 1 saturated heterocycles. The summed E-state index contributed by atoms with van der Waals surface area (Å²) in [6, 6.07) is 5.31. The molecule has 0 spiro atoms. The summed E-state index contributed by atoms with van der Waals surface area (Å²) in [6.45, 7) is 4.35. The van der Waals surface area contributed by atoms with E-state index in [-0.39, 0.29) is 11.9 Å². The number of nitrogens with zero attached hydrogens (tertiary/aromatic N) is 2. The average molecular weight is 315 g/mol. The van der Waals surface area contributed by atoms with Crippen molar-refractivity contribution in [1.29, 1.82) is 0 Å². The van der Waals surface area contributed by atoms with Gasteiger partial charge < -0.3 is 10.1 Å². The smallest absolute Gasteiger partial charge is 0.132 e. The third-order valence-electron chi connectivity index (χ3n) is 4.02. The lowest BCUT2D eigenvalue weighted by atomic mass is 10.0. The Labute approximate surface area is 136 Å². The summed E-state index contributed by atoms with van der Waals surface area (Å²) in [4.78, 5) is 8.67. The van der Waals surface area contributed by atoms with Gasteiger partial charge in [-0.15, -0.1) is 0 Å². The van der Waals surface area contributed by atoms with Gasteiger partial charge in [0.25, 0.3) is 0 Å². The van der Waals surface area contributed by atoms with Crippen molar-refractivity contribution in [3.8, 4) is 0 Å². The Balaban J connectivity index is 1.70. The average Bonchev–Trinajstić information content (AvgIpc) is 2.59. The van der Waals surface area contributed by atoms with E-state index in [9.17, 15) is 4.39 Å². The molecule has 23 heavy (non-hydrogen) atoms. The minimum Gasteiger partial charge on any atom is -0.371 e. The number of hydrogen-bond donors (Lipinski definition) is 1. The van der Waals surface area contributed by atoms with Gasteiger partial charge in [-0.1, -0.05) is 25.5 Å². The van der Waals surface area contributed by atoms with Crippen LogP contribution in [0.15, 0.2) is 30.6 Å². The molecule has 5 heteroatoms. The molecule has 1 fully saturated rings. The molecule has 1 atom stereocenters. The van der Waals surface area contributed by atoms with Gasteiger partial charge in [0.15, 0.2) is 0 Å². The maximum absolute atomic E-state index is 14.4. The fourth-order valence-electron chi connectivity index (χ4n) is 2.75. The monoisotopic (exact) mass is 315 g/mol. The van der Waals surface area contributed by atoms with Crippen LogP contribution in [0.4, 0.5) is 4.39 Å². The number of hydrogen-bond acceptors (Lipinski definition) is 4. The van der Waals surface area contributed by atoms with Crippen molar-refractivity contribution in [1.82, 2.24) is 15.3 Å². The van der Waals surface area contributed by atoms with Crippen LogP contribution < -0.4 is 5.32 Å². The second-order valence-corrected chi connectivity index (χ2v) is 5.85. The summed E-state index contributed by atoms with van der Waals surface area (Å²) in [7, 11) is 0. The Hall–Kier alpha value is -1.85. The molecule has 0 saturated carbocycles. The van der Waals surface area contributed by atoms with Gasteiger partial charge in [-0.2, -0.15) is 0 Å². The maximum atomic E-state index is 14.4. The Morgan fingerprint density at radius 1 is 1.30 bits per heavy atom. The van der Waals surface area contributed by atoms with Crippen LogP contribution in [0.1, 0.15) is 42.0 Å². The number of benzene rings is 1. The molecule has 0 bridgehead atoms. The zero-order valence-electron chi connectivity index (χ0n) is 13.4. The molecule has 0 radical (unpaired) electrons. The standard InChI is InChI=1S/C18H22FN3O/c1-2-3-13-10-21-18(22-11-13)9-14-4-5-15(8-16(14)19)17-12-20-6-7-23-17/h4-5,8,10-11,17,20H,2-3,6-7,9,12H2,1H3/t17-/m0/s1. The summed E-state index contributed by atoms with van der Waals surface area (Å²) >= 11 is 0. The van der Waals surface area contributed by atoms with Crippen LogP contribution in [-0.4, -0.2) is 29.7 Å². The minimum absolute atomic E-state index is 0.0723. The van der Waals surface area contributed by atoms with Crippen molar-refractivity contribution in [2.45, 2.75) is 32.3 Å². The number of nitrogens with one attached hydrogen (secondary N) is 1. The minimum atomic E-state index is -0.224. The van der Waals surface area contributed by atoms with Gasteiger partial charge in [-0.25, -0.2) is 14.4 Å². The van der Waals surface area contributed by atoms with Gasteiger partial charge in [-0.05, 0) is 29.2 Å². The number of halogens is 1. The van der Waals surface area contributed by atoms with Crippen LogP contribution in [0, 0.1) is 5.82 Å². The van der Waals surface area contributed by atoms with Crippen LogP contribution in [0.5, 0.6) is 0 Å². The van der Waals surface area contributed by atoms with Gasteiger partial charge in [0, 0.05) is 31.9 Å². The molecule has 1 aliphatic rings. The first-order valence-corrected chi connectivity index (χ1v) is 8.16. The van der Waals surface area contributed by atoms with Crippen LogP contribution in [0.25, 0.3) is 0 Å². The summed E-state index contributed by atoms with van der Waals surface area (Å²) in [6.07, 6.45) is 6.04. The third kappa shape index (κ3) is 4.12. The van der Waals surface area contributed by atoms with E-state index in [0.29, 0.717) is 24.4 Å². The van der Waals surface area contributed by atoms with E-state index < -0.39 is 0 Å². The highest BCUT2D eigenvalue weighted by atomic mass is 19.1. The van der Waals surface area contributed by atoms with Crippen molar-refractivity contribution < 1.29 is 9.13 Å². The largest absolute Gasteiger partial charge is 0.371 e. The van der Waals surface area contributed by atoms with E-state index >= 15 is 0 Å². The van der Waals surface area contributed by atoms with E-state index in [2.05, 4.69) is 22.2 Å². The molecular formula is C18H22FN3O. The van der Waals surface area contributed by atoms with Gasteiger partial charge in [0.05, 0.1) is 12.7 Å². The number of ether oxygens (including phenoxy) is 1. The molecule has 0 amide bonds. The fourth-order valence-corrected chi connectivity index (χ4v) is 2.75. The number of aryl methyl sites for hydroxylation is 1. The van der Waals surface area contributed by atoms with E-state index in [0.717, 1.165) is 37.1 Å². The zero-order chi connectivity index (χ0) is 16.1. The van der Waals surface area contributed by atoms with E-state index in [1.54, 1.807) is 6.07 Å². The predicted octanol–water partition coefficient (Wildman–Crippen LogP) is 2.82. The van der Waals surface area contributed by atoms with Crippen LogP contribution in [0.2, 0.25) is 0 Å². The van der Waals surface area contributed by atoms with Crippen molar-refractivity contribution in [2.24, 2.45) is 0 Å². The highest BCUT2D eigenvalue weighted by Gasteiger charge is 2.17. The van der Waals surface area contributed by atoms with Crippen LogP contribution in [0.3, 0.4) is 0 Å².